The normalized spacial score (nSPS) is 13.1. The number of alkyl halides is 3. The molecule has 1 unspecified atom stereocenters. The molecular formula is C13H13F4NO3. The maximum atomic E-state index is 13.7. The Bertz CT molecular complexity index is 555. The van der Waals surface area contributed by atoms with Gasteiger partial charge in [-0.05, 0) is 18.1 Å². The van der Waals surface area contributed by atoms with Crippen LogP contribution in [-0.2, 0) is 11.0 Å². The third-order valence-electron chi connectivity index (χ3n) is 2.77. The van der Waals surface area contributed by atoms with Gasteiger partial charge in [-0.15, -0.1) is 0 Å². The van der Waals surface area contributed by atoms with Crippen LogP contribution in [0, 0.1) is 11.7 Å². The minimum Gasteiger partial charge on any atom is -0.480 e. The first kappa shape index (κ1) is 16.9. The number of carbonyl (C=O) groups excluding carboxylic acids is 1. The molecule has 1 atom stereocenters. The first-order chi connectivity index (χ1) is 9.55. The van der Waals surface area contributed by atoms with E-state index in [4.69, 9.17) is 5.11 Å². The molecule has 0 aliphatic rings. The number of aliphatic carboxylic acids is 1. The van der Waals surface area contributed by atoms with E-state index in [0.717, 1.165) is 12.1 Å². The molecule has 8 heteroatoms. The van der Waals surface area contributed by atoms with Crippen LogP contribution in [0.5, 0.6) is 0 Å². The molecule has 0 heterocycles. The summed E-state index contributed by atoms with van der Waals surface area (Å²) in [7, 11) is 0. The number of hydrogen-bond acceptors (Lipinski definition) is 2. The van der Waals surface area contributed by atoms with Crippen LogP contribution in [0.1, 0.15) is 29.8 Å². The molecule has 21 heavy (non-hydrogen) atoms. The van der Waals surface area contributed by atoms with E-state index in [1.165, 1.54) is 13.8 Å². The summed E-state index contributed by atoms with van der Waals surface area (Å²) in [5, 5.41) is 10.9. The summed E-state index contributed by atoms with van der Waals surface area (Å²) in [6, 6.07) is 0.917. The van der Waals surface area contributed by atoms with Crippen molar-refractivity contribution in [3.05, 3.63) is 35.1 Å². The minimum absolute atomic E-state index is 0.503. The van der Waals surface area contributed by atoms with Crippen LogP contribution in [0.2, 0.25) is 0 Å². The zero-order valence-electron chi connectivity index (χ0n) is 11.2. The first-order valence-electron chi connectivity index (χ1n) is 5.95. The maximum Gasteiger partial charge on any atom is 0.419 e. The number of benzene rings is 1. The number of carbonyl (C=O) groups is 2. The Morgan fingerprint density at radius 1 is 1.24 bits per heavy atom. The third kappa shape index (κ3) is 3.93. The van der Waals surface area contributed by atoms with Gasteiger partial charge in [0.05, 0.1) is 11.1 Å². The second-order valence-electron chi connectivity index (χ2n) is 4.70. The molecule has 1 aromatic carbocycles. The van der Waals surface area contributed by atoms with Gasteiger partial charge in [-0.2, -0.15) is 13.2 Å². The second-order valence-corrected chi connectivity index (χ2v) is 4.70. The summed E-state index contributed by atoms with van der Waals surface area (Å²) in [4.78, 5) is 22.7. The lowest BCUT2D eigenvalue weighted by molar-refractivity contribution is -0.141. The fraction of sp³-hybridized carbons (Fsp3) is 0.385. The Labute approximate surface area is 117 Å². The number of hydrogen-bond donors (Lipinski definition) is 2. The predicted octanol–water partition coefficient (Wildman–Crippen LogP) is 2.68. The summed E-state index contributed by atoms with van der Waals surface area (Å²) < 4.78 is 51.4. The molecule has 4 nitrogen and oxygen atoms in total. The van der Waals surface area contributed by atoms with Gasteiger partial charge in [-0.1, -0.05) is 19.9 Å². The Kier molecular flexibility index (Phi) is 4.93. The van der Waals surface area contributed by atoms with Crippen molar-refractivity contribution in [3.8, 4) is 0 Å². The molecule has 116 valence electrons. The van der Waals surface area contributed by atoms with Crippen LogP contribution in [0.3, 0.4) is 0 Å². The summed E-state index contributed by atoms with van der Waals surface area (Å²) in [6.45, 7) is 3.00. The highest BCUT2D eigenvalue weighted by molar-refractivity contribution is 5.97. The van der Waals surface area contributed by atoms with E-state index < -0.39 is 47.0 Å². The number of rotatable bonds is 4. The summed E-state index contributed by atoms with van der Waals surface area (Å²) in [6.07, 6.45) is -4.94. The lowest BCUT2D eigenvalue weighted by atomic mass is 10.0. The second kappa shape index (κ2) is 6.11. The average Bonchev–Trinajstić information content (AvgIpc) is 2.33. The lowest BCUT2D eigenvalue weighted by Crippen LogP contribution is -2.44. The smallest absolute Gasteiger partial charge is 0.419 e. The Morgan fingerprint density at radius 2 is 1.81 bits per heavy atom. The van der Waals surface area contributed by atoms with Gasteiger partial charge >= 0.3 is 12.1 Å². The van der Waals surface area contributed by atoms with Crippen molar-refractivity contribution in [1.29, 1.82) is 0 Å². The first-order valence-corrected chi connectivity index (χ1v) is 5.95. The van der Waals surface area contributed by atoms with Crippen molar-refractivity contribution >= 4 is 11.9 Å². The van der Waals surface area contributed by atoms with Crippen LogP contribution in [-0.4, -0.2) is 23.0 Å². The van der Waals surface area contributed by atoms with E-state index in [1.807, 2.05) is 5.32 Å². The maximum absolute atomic E-state index is 13.7. The topological polar surface area (TPSA) is 66.4 Å². The van der Waals surface area contributed by atoms with Crippen molar-refractivity contribution in [2.24, 2.45) is 5.92 Å². The van der Waals surface area contributed by atoms with Gasteiger partial charge in [0.25, 0.3) is 5.91 Å². The molecule has 0 saturated heterocycles. The van der Waals surface area contributed by atoms with Gasteiger partial charge in [0.2, 0.25) is 0 Å². The van der Waals surface area contributed by atoms with Crippen molar-refractivity contribution in [1.82, 2.24) is 5.32 Å². The molecule has 0 spiro atoms. The van der Waals surface area contributed by atoms with Crippen LogP contribution >= 0.6 is 0 Å². The standard InChI is InChI=1S/C13H13F4NO3/c1-6(2)10(12(20)21)18-11(19)7-4-3-5-8(9(7)14)13(15,16)17/h3-6,10H,1-2H3,(H,18,19)(H,20,21). The van der Waals surface area contributed by atoms with Crippen LogP contribution in [0.15, 0.2) is 18.2 Å². The molecule has 0 aliphatic carbocycles. The van der Waals surface area contributed by atoms with E-state index in [2.05, 4.69) is 0 Å². The molecule has 1 aromatic rings. The molecule has 0 bridgehead atoms. The van der Waals surface area contributed by atoms with E-state index in [-0.39, 0.29) is 0 Å². The zero-order chi connectivity index (χ0) is 16.4. The Hall–Kier alpha value is -2.12. The third-order valence-corrected chi connectivity index (χ3v) is 2.77. The monoisotopic (exact) mass is 307 g/mol. The minimum atomic E-state index is -4.94. The van der Waals surface area contributed by atoms with E-state index in [0.29, 0.717) is 6.07 Å². The highest BCUT2D eigenvalue weighted by atomic mass is 19.4. The SMILES string of the molecule is CC(C)C(NC(=O)c1cccc(C(F)(F)F)c1F)C(=O)O. The van der Waals surface area contributed by atoms with Crippen LogP contribution in [0.4, 0.5) is 17.6 Å². The zero-order valence-corrected chi connectivity index (χ0v) is 11.2. The molecule has 0 saturated carbocycles. The summed E-state index contributed by atoms with van der Waals surface area (Å²) in [5.41, 5.74) is -2.43. The van der Waals surface area contributed by atoms with Crippen molar-refractivity contribution in [2.75, 3.05) is 0 Å². The van der Waals surface area contributed by atoms with Gasteiger partial charge < -0.3 is 10.4 Å². The van der Waals surface area contributed by atoms with Gasteiger partial charge in [0, 0.05) is 0 Å². The fourth-order valence-electron chi connectivity index (χ4n) is 1.66. The average molecular weight is 307 g/mol. The highest BCUT2D eigenvalue weighted by Crippen LogP contribution is 2.32. The van der Waals surface area contributed by atoms with Crippen LogP contribution < -0.4 is 5.32 Å². The number of carboxylic acid groups (broad SMARTS) is 1. The van der Waals surface area contributed by atoms with Gasteiger partial charge in [0.15, 0.2) is 0 Å². The van der Waals surface area contributed by atoms with Crippen LogP contribution in [0.25, 0.3) is 0 Å². The molecular weight excluding hydrogens is 294 g/mol. The van der Waals surface area contributed by atoms with E-state index in [1.54, 1.807) is 0 Å². The molecule has 0 fully saturated rings. The molecule has 1 amide bonds. The van der Waals surface area contributed by atoms with Gasteiger partial charge in [-0.3, -0.25) is 4.79 Å². The summed E-state index contributed by atoms with van der Waals surface area (Å²) >= 11 is 0. The van der Waals surface area contributed by atoms with Crippen molar-refractivity contribution in [3.63, 3.8) is 0 Å². The molecule has 0 radical (unpaired) electrons. The van der Waals surface area contributed by atoms with Crippen molar-refractivity contribution < 1.29 is 32.3 Å². The summed E-state index contributed by atoms with van der Waals surface area (Å²) in [5.74, 6) is -4.80. The molecule has 0 aromatic heterocycles. The molecule has 1 rings (SSSR count). The molecule has 0 aliphatic heterocycles. The number of carboxylic acids is 1. The van der Waals surface area contributed by atoms with Gasteiger partial charge in [0.1, 0.15) is 11.9 Å². The van der Waals surface area contributed by atoms with Crippen molar-refractivity contribution in [2.45, 2.75) is 26.1 Å². The molecule has 2 N–H and O–H groups in total. The highest BCUT2D eigenvalue weighted by Gasteiger charge is 2.36. The Morgan fingerprint density at radius 3 is 2.24 bits per heavy atom. The Balaban J connectivity index is 3.12. The fourth-order valence-corrected chi connectivity index (χ4v) is 1.66. The number of amides is 1. The van der Waals surface area contributed by atoms with E-state index in [9.17, 15) is 27.2 Å². The number of halogens is 4. The quantitative estimate of drug-likeness (QED) is 0.841. The van der Waals surface area contributed by atoms with Gasteiger partial charge in [-0.25, -0.2) is 9.18 Å². The number of nitrogens with one attached hydrogen (secondary N) is 1. The lowest BCUT2D eigenvalue weighted by Gasteiger charge is -2.18. The largest absolute Gasteiger partial charge is 0.480 e. The predicted molar refractivity (Wildman–Crippen MR) is 65.1 cm³/mol. The van der Waals surface area contributed by atoms with E-state index >= 15 is 0 Å².